The Morgan fingerprint density at radius 2 is 1.71 bits per heavy atom. The number of fused-ring (bicyclic) bond motifs is 1. The zero-order valence-electron chi connectivity index (χ0n) is 18.1. The smallest absolute Gasteiger partial charge is 0.267 e. The minimum atomic E-state index is -0.380. The molecular formula is C27H19ClFN3OS. The maximum atomic E-state index is 13.2. The quantitative estimate of drug-likeness (QED) is 0.275. The number of carbonyl (C=O) groups is 1. The average molecular weight is 488 g/mol. The number of nitrogen functional groups attached to an aromatic ring is 1. The third kappa shape index (κ3) is 4.14. The van der Waals surface area contributed by atoms with Crippen LogP contribution in [0.1, 0.15) is 15.2 Å². The molecule has 3 aromatic carbocycles. The first kappa shape index (κ1) is 22.1. The Morgan fingerprint density at radius 3 is 2.41 bits per heavy atom. The molecule has 5 rings (SSSR count). The number of nitrogens with two attached hydrogens (primary N) is 1. The van der Waals surface area contributed by atoms with Gasteiger partial charge in [0.05, 0.1) is 11.4 Å². The summed E-state index contributed by atoms with van der Waals surface area (Å²) in [5.74, 6) is -0.759. The largest absolute Gasteiger partial charge is 0.397 e. The molecule has 0 saturated heterocycles. The summed E-state index contributed by atoms with van der Waals surface area (Å²) in [6.45, 7) is 2.03. The van der Waals surface area contributed by atoms with Crippen molar-refractivity contribution in [1.29, 1.82) is 0 Å². The van der Waals surface area contributed by atoms with E-state index in [1.807, 2.05) is 61.5 Å². The normalized spacial score (nSPS) is 11.0. The first-order valence-electron chi connectivity index (χ1n) is 10.5. The number of nitrogens with zero attached hydrogens (tertiary/aromatic N) is 1. The third-order valence-corrected chi connectivity index (χ3v) is 6.95. The van der Waals surface area contributed by atoms with Crippen LogP contribution in [-0.2, 0) is 0 Å². The molecule has 4 nitrogen and oxygen atoms in total. The number of aryl methyl sites for hydroxylation is 1. The van der Waals surface area contributed by atoms with Crippen molar-refractivity contribution < 1.29 is 9.18 Å². The second-order valence-electron chi connectivity index (χ2n) is 7.89. The molecule has 0 spiro atoms. The molecule has 1 amide bonds. The van der Waals surface area contributed by atoms with Gasteiger partial charge in [0.15, 0.2) is 0 Å². The Labute approximate surface area is 204 Å². The zero-order chi connectivity index (χ0) is 23.8. The fourth-order valence-corrected chi connectivity index (χ4v) is 5.03. The van der Waals surface area contributed by atoms with Gasteiger partial charge in [0, 0.05) is 27.2 Å². The van der Waals surface area contributed by atoms with E-state index in [0.717, 1.165) is 27.9 Å². The molecule has 0 radical (unpaired) electrons. The van der Waals surface area contributed by atoms with Crippen molar-refractivity contribution in [3.05, 3.63) is 100 Å². The molecule has 5 aromatic rings. The molecule has 168 valence electrons. The van der Waals surface area contributed by atoms with E-state index in [0.29, 0.717) is 31.5 Å². The van der Waals surface area contributed by atoms with Gasteiger partial charge >= 0.3 is 0 Å². The topological polar surface area (TPSA) is 68.0 Å². The molecule has 0 aliphatic carbocycles. The minimum absolute atomic E-state index is 0.331. The van der Waals surface area contributed by atoms with Gasteiger partial charge in [0.2, 0.25) is 0 Å². The number of anilines is 2. The molecule has 3 N–H and O–H groups in total. The molecule has 0 fully saturated rings. The molecule has 34 heavy (non-hydrogen) atoms. The van der Waals surface area contributed by atoms with Crippen LogP contribution in [-0.4, -0.2) is 10.9 Å². The van der Waals surface area contributed by atoms with Gasteiger partial charge in [0.25, 0.3) is 5.91 Å². The average Bonchev–Trinajstić information content (AvgIpc) is 3.17. The number of hydrogen-bond acceptors (Lipinski definition) is 4. The highest BCUT2D eigenvalue weighted by Gasteiger charge is 2.22. The molecule has 0 aliphatic heterocycles. The van der Waals surface area contributed by atoms with E-state index in [-0.39, 0.29) is 11.7 Å². The highest BCUT2D eigenvalue weighted by Crippen LogP contribution is 2.43. The van der Waals surface area contributed by atoms with Crippen LogP contribution in [0.25, 0.3) is 32.6 Å². The lowest BCUT2D eigenvalue weighted by Crippen LogP contribution is -2.11. The highest BCUT2D eigenvalue weighted by atomic mass is 35.5. The van der Waals surface area contributed by atoms with Crippen molar-refractivity contribution >= 4 is 50.4 Å². The first-order valence-corrected chi connectivity index (χ1v) is 11.7. The first-order chi connectivity index (χ1) is 16.4. The summed E-state index contributed by atoms with van der Waals surface area (Å²) < 4.78 is 13.2. The third-order valence-electron chi connectivity index (χ3n) is 5.52. The van der Waals surface area contributed by atoms with Crippen LogP contribution in [0.15, 0.2) is 78.9 Å². The van der Waals surface area contributed by atoms with Crippen molar-refractivity contribution in [2.24, 2.45) is 0 Å². The number of rotatable bonds is 4. The van der Waals surface area contributed by atoms with Gasteiger partial charge < -0.3 is 11.1 Å². The summed E-state index contributed by atoms with van der Waals surface area (Å²) in [5, 5.41) is 4.04. The number of amides is 1. The number of pyridine rings is 1. The van der Waals surface area contributed by atoms with Gasteiger partial charge in [-0.1, -0.05) is 59.6 Å². The lowest BCUT2D eigenvalue weighted by molar-refractivity contribution is 0.103. The Hall–Kier alpha value is -3.74. The number of hydrogen-bond donors (Lipinski definition) is 2. The van der Waals surface area contributed by atoms with E-state index in [4.69, 9.17) is 22.3 Å². The number of aromatic nitrogens is 1. The summed E-state index contributed by atoms with van der Waals surface area (Å²) in [6.07, 6.45) is 0. The summed E-state index contributed by atoms with van der Waals surface area (Å²) in [7, 11) is 0. The van der Waals surface area contributed by atoms with Crippen molar-refractivity contribution in [1.82, 2.24) is 4.98 Å². The van der Waals surface area contributed by atoms with E-state index >= 15 is 0 Å². The molecule has 7 heteroatoms. The second-order valence-corrected chi connectivity index (χ2v) is 9.29. The molecule has 0 aliphatic rings. The number of benzene rings is 3. The van der Waals surface area contributed by atoms with Crippen LogP contribution < -0.4 is 11.1 Å². The summed E-state index contributed by atoms with van der Waals surface area (Å²) in [4.78, 5) is 18.9. The van der Waals surface area contributed by atoms with Gasteiger partial charge in [-0.15, -0.1) is 11.3 Å². The number of carbonyl (C=O) groups excluding carboxylic acids is 1. The molecule has 0 saturated carbocycles. The lowest BCUT2D eigenvalue weighted by atomic mass is 9.99. The molecule has 0 atom stereocenters. The minimum Gasteiger partial charge on any atom is -0.397 e. The van der Waals surface area contributed by atoms with Gasteiger partial charge in [-0.05, 0) is 48.9 Å². The Bertz CT molecular complexity index is 1530. The van der Waals surface area contributed by atoms with Crippen LogP contribution in [0.5, 0.6) is 0 Å². The Kier molecular flexibility index (Phi) is 5.77. The fraction of sp³-hybridized carbons (Fsp3) is 0.0370. The van der Waals surface area contributed by atoms with Crippen LogP contribution in [0.4, 0.5) is 15.8 Å². The van der Waals surface area contributed by atoms with Crippen LogP contribution in [0.3, 0.4) is 0 Å². The van der Waals surface area contributed by atoms with E-state index in [1.165, 1.54) is 35.6 Å². The van der Waals surface area contributed by atoms with Gasteiger partial charge in [0.1, 0.15) is 15.5 Å². The van der Waals surface area contributed by atoms with Crippen LogP contribution >= 0.6 is 22.9 Å². The van der Waals surface area contributed by atoms with Crippen molar-refractivity contribution in [2.45, 2.75) is 6.92 Å². The summed E-state index contributed by atoms with van der Waals surface area (Å²) in [6, 6.07) is 23.1. The SMILES string of the molecule is Cc1ccc(-c2cc(-c3ccccc3Cl)c3c(N)c(C(=O)Nc4ccc(F)cc4)sc3n2)cc1. The monoisotopic (exact) mass is 487 g/mol. The van der Waals surface area contributed by atoms with Crippen molar-refractivity contribution in [3.63, 3.8) is 0 Å². The fourth-order valence-electron chi connectivity index (χ4n) is 3.77. The number of halogens is 2. The van der Waals surface area contributed by atoms with Crippen molar-refractivity contribution in [2.75, 3.05) is 11.1 Å². The maximum absolute atomic E-state index is 13.2. The van der Waals surface area contributed by atoms with E-state index in [1.54, 1.807) is 0 Å². The molecule has 2 heterocycles. The second kappa shape index (κ2) is 8.89. The Morgan fingerprint density at radius 1 is 1.00 bits per heavy atom. The predicted octanol–water partition coefficient (Wildman–Crippen LogP) is 7.57. The van der Waals surface area contributed by atoms with E-state index in [9.17, 15) is 9.18 Å². The standard InChI is InChI=1S/C27H19ClFN3OS/c1-15-6-8-16(9-7-15)22-14-20(19-4-2-3-5-21(19)28)23-24(30)25(34-27(23)32-22)26(33)31-18-12-10-17(29)11-13-18/h2-14H,30H2,1H3,(H,31,33). The predicted molar refractivity (Wildman–Crippen MR) is 139 cm³/mol. The Balaban J connectivity index is 1.68. The molecule has 0 bridgehead atoms. The highest BCUT2D eigenvalue weighted by molar-refractivity contribution is 7.21. The summed E-state index contributed by atoms with van der Waals surface area (Å²) in [5.41, 5.74) is 11.8. The molecule has 2 aromatic heterocycles. The lowest BCUT2D eigenvalue weighted by Gasteiger charge is -2.10. The number of thiophene rings is 1. The van der Waals surface area contributed by atoms with Crippen molar-refractivity contribution in [3.8, 4) is 22.4 Å². The molecule has 0 unspecified atom stereocenters. The summed E-state index contributed by atoms with van der Waals surface area (Å²) >= 11 is 7.77. The van der Waals surface area contributed by atoms with E-state index < -0.39 is 0 Å². The van der Waals surface area contributed by atoms with E-state index in [2.05, 4.69) is 5.32 Å². The van der Waals surface area contributed by atoms with Crippen LogP contribution in [0.2, 0.25) is 5.02 Å². The number of nitrogens with one attached hydrogen (secondary N) is 1. The molecular weight excluding hydrogens is 469 g/mol. The zero-order valence-corrected chi connectivity index (χ0v) is 19.7. The van der Waals surface area contributed by atoms with Gasteiger partial charge in [-0.3, -0.25) is 4.79 Å². The van der Waals surface area contributed by atoms with Gasteiger partial charge in [-0.2, -0.15) is 0 Å². The van der Waals surface area contributed by atoms with Gasteiger partial charge in [-0.25, -0.2) is 9.37 Å². The maximum Gasteiger partial charge on any atom is 0.267 e. The van der Waals surface area contributed by atoms with Crippen LogP contribution in [0, 0.1) is 12.7 Å².